The third-order valence-electron chi connectivity index (χ3n) is 9.94. The van der Waals surface area contributed by atoms with Crippen LogP contribution in [0.2, 0.25) is 0 Å². The van der Waals surface area contributed by atoms with E-state index in [-0.39, 0.29) is 0 Å². The van der Waals surface area contributed by atoms with Gasteiger partial charge in [-0.2, -0.15) is 5.10 Å². The van der Waals surface area contributed by atoms with Crippen molar-refractivity contribution in [2.45, 2.75) is 71.8 Å². The van der Waals surface area contributed by atoms with Gasteiger partial charge in [0.1, 0.15) is 11.2 Å². The molecule has 1 saturated heterocycles. The van der Waals surface area contributed by atoms with Crippen molar-refractivity contribution >= 4 is 37.0 Å². The van der Waals surface area contributed by atoms with Crippen molar-refractivity contribution in [3.63, 3.8) is 0 Å². The van der Waals surface area contributed by atoms with Crippen molar-refractivity contribution in [2.75, 3.05) is 24.6 Å². The molecule has 9 heteroatoms. The molecule has 38 heavy (non-hydrogen) atoms. The number of H-pyrrole nitrogens is 1. The van der Waals surface area contributed by atoms with Crippen LogP contribution < -0.4 is 0 Å². The molecule has 0 amide bonds. The summed E-state index contributed by atoms with van der Waals surface area (Å²) in [5, 5.41) is 5.86. The number of aromatic nitrogens is 4. The van der Waals surface area contributed by atoms with Gasteiger partial charge in [0.25, 0.3) is 0 Å². The highest BCUT2D eigenvalue weighted by molar-refractivity contribution is 7.91. The van der Waals surface area contributed by atoms with E-state index < -0.39 is 9.84 Å². The lowest BCUT2D eigenvalue weighted by molar-refractivity contribution is 0.148. The molecule has 2 bridgehead atoms. The molecule has 5 heterocycles. The normalized spacial score (nSPS) is 27.4. The average molecular weight is 552 g/mol. The number of rotatable bonds is 4. The Kier molecular flexibility index (Phi) is 5.63. The van der Waals surface area contributed by atoms with Crippen molar-refractivity contribution in [1.29, 1.82) is 0 Å². The first kappa shape index (κ1) is 24.8. The van der Waals surface area contributed by atoms with Crippen LogP contribution in [-0.2, 0) is 9.84 Å². The van der Waals surface area contributed by atoms with E-state index in [9.17, 15) is 8.42 Å². The largest absolute Gasteiger partial charge is 0.346 e. The number of thiophene rings is 1. The third kappa shape index (κ3) is 3.64. The Hall–Kier alpha value is -2.23. The number of aryl methyl sites for hydroxylation is 2. The first-order valence-electron chi connectivity index (χ1n) is 14.0. The number of pyridine rings is 1. The second-order valence-corrected chi connectivity index (χ2v) is 15.6. The highest BCUT2D eigenvalue weighted by Crippen LogP contribution is 2.57. The van der Waals surface area contributed by atoms with Crippen molar-refractivity contribution in [3.8, 4) is 11.3 Å². The molecule has 7 nitrogen and oxygen atoms in total. The van der Waals surface area contributed by atoms with E-state index in [1.807, 2.05) is 15.9 Å². The van der Waals surface area contributed by atoms with Crippen LogP contribution in [0.25, 0.3) is 27.1 Å². The molecule has 4 aromatic rings. The second-order valence-electron chi connectivity index (χ2n) is 12.3. The zero-order valence-corrected chi connectivity index (χ0v) is 24.5. The SMILES string of the molecule is Cc1c(-c2[nH]c3sc(C4CC5C[C@H]4CC5N4CCS(=O)(=O)CC4)c(C)c3c2C(C)C)cn2ncnc2c1C. The molecule has 2 saturated carbocycles. The van der Waals surface area contributed by atoms with Gasteiger partial charge in [-0.15, -0.1) is 11.3 Å². The molecule has 0 radical (unpaired) electrons. The van der Waals surface area contributed by atoms with Gasteiger partial charge in [0, 0.05) is 41.2 Å². The molecule has 3 aliphatic rings. The zero-order chi connectivity index (χ0) is 26.5. The maximum Gasteiger partial charge on any atom is 0.158 e. The van der Waals surface area contributed by atoms with Gasteiger partial charge in [-0.25, -0.2) is 17.9 Å². The Morgan fingerprint density at radius 1 is 1.03 bits per heavy atom. The summed E-state index contributed by atoms with van der Waals surface area (Å²) in [6.45, 7) is 12.7. The van der Waals surface area contributed by atoms with Gasteiger partial charge in [0.05, 0.1) is 17.2 Å². The van der Waals surface area contributed by atoms with Gasteiger partial charge in [-0.05, 0) is 86.0 Å². The maximum atomic E-state index is 11.9. The van der Waals surface area contributed by atoms with Crippen LogP contribution in [0.15, 0.2) is 12.5 Å². The minimum atomic E-state index is -2.83. The van der Waals surface area contributed by atoms with Crippen molar-refractivity contribution in [3.05, 3.63) is 39.7 Å². The summed E-state index contributed by atoms with van der Waals surface area (Å²) in [5.74, 6) is 3.11. The highest BCUT2D eigenvalue weighted by Gasteiger charge is 2.49. The quantitative estimate of drug-likeness (QED) is 0.357. The fourth-order valence-electron chi connectivity index (χ4n) is 7.92. The molecule has 202 valence electrons. The molecule has 0 aromatic carbocycles. The van der Waals surface area contributed by atoms with Crippen molar-refractivity contribution < 1.29 is 8.42 Å². The molecule has 0 spiro atoms. The smallest absolute Gasteiger partial charge is 0.158 e. The summed E-state index contributed by atoms with van der Waals surface area (Å²) in [6.07, 6.45) is 7.52. The Morgan fingerprint density at radius 2 is 1.79 bits per heavy atom. The number of aromatic amines is 1. The summed E-state index contributed by atoms with van der Waals surface area (Å²) < 4.78 is 25.8. The lowest BCUT2D eigenvalue weighted by Crippen LogP contribution is -2.48. The Morgan fingerprint density at radius 3 is 2.47 bits per heavy atom. The summed E-state index contributed by atoms with van der Waals surface area (Å²) in [5.41, 5.74) is 8.66. The van der Waals surface area contributed by atoms with Crippen LogP contribution in [0.3, 0.4) is 0 Å². The van der Waals surface area contributed by atoms with Crippen LogP contribution in [0.1, 0.15) is 72.1 Å². The average Bonchev–Trinajstić information content (AvgIpc) is 3.68. The minimum absolute atomic E-state index is 0.336. The highest BCUT2D eigenvalue weighted by atomic mass is 32.2. The van der Waals surface area contributed by atoms with E-state index in [4.69, 9.17) is 0 Å². The van der Waals surface area contributed by atoms with E-state index in [2.05, 4.69) is 60.8 Å². The van der Waals surface area contributed by atoms with Gasteiger partial charge >= 0.3 is 0 Å². The van der Waals surface area contributed by atoms with E-state index in [0.717, 1.165) is 18.7 Å². The maximum absolute atomic E-state index is 11.9. The minimum Gasteiger partial charge on any atom is -0.346 e. The second kappa shape index (κ2) is 8.63. The van der Waals surface area contributed by atoms with E-state index in [1.54, 1.807) is 11.2 Å². The molecule has 4 aromatic heterocycles. The number of nitrogens with zero attached hydrogens (tertiary/aromatic N) is 4. The summed E-state index contributed by atoms with van der Waals surface area (Å²) in [7, 11) is -2.83. The summed E-state index contributed by atoms with van der Waals surface area (Å²) in [6, 6.07) is 0.577. The number of hydrogen-bond acceptors (Lipinski definition) is 6. The molecule has 2 aliphatic carbocycles. The van der Waals surface area contributed by atoms with Gasteiger partial charge in [-0.1, -0.05) is 13.8 Å². The molecule has 4 atom stereocenters. The van der Waals surface area contributed by atoms with Crippen LogP contribution in [-0.4, -0.2) is 63.5 Å². The lowest BCUT2D eigenvalue weighted by atomic mass is 9.82. The number of sulfone groups is 1. The summed E-state index contributed by atoms with van der Waals surface area (Å²) >= 11 is 1.98. The molecular weight excluding hydrogens is 514 g/mol. The topological polar surface area (TPSA) is 83.4 Å². The number of fused-ring (bicyclic) bond motifs is 4. The van der Waals surface area contributed by atoms with Crippen LogP contribution in [0, 0.1) is 32.6 Å². The predicted octanol–water partition coefficient (Wildman–Crippen LogP) is 5.60. The van der Waals surface area contributed by atoms with Crippen LogP contribution >= 0.6 is 11.3 Å². The van der Waals surface area contributed by atoms with Gasteiger partial charge in [0.2, 0.25) is 0 Å². The molecule has 1 aliphatic heterocycles. The lowest BCUT2D eigenvalue weighted by Gasteiger charge is -2.38. The van der Waals surface area contributed by atoms with E-state index in [0.29, 0.717) is 41.2 Å². The van der Waals surface area contributed by atoms with Crippen LogP contribution in [0.5, 0.6) is 0 Å². The summed E-state index contributed by atoms with van der Waals surface area (Å²) in [4.78, 5) is 13.7. The van der Waals surface area contributed by atoms with Crippen LogP contribution in [0.4, 0.5) is 0 Å². The number of hydrogen-bond donors (Lipinski definition) is 1. The molecule has 1 N–H and O–H groups in total. The Labute approximate surface area is 228 Å². The van der Waals surface area contributed by atoms with Crippen molar-refractivity contribution in [1.82, 2.24) is 24.5 Å². The zero-order valence-electron chi connectivity index (χ0n) is 22.9. The van der Waals surface area contributed by atoms with Gasteiger partial charge in [-0.3, -0.25) is 4.90 Å². The first-order valence-corrected chi connectivity index (χ1v) is 16.7. The number of nitrogens with one attached hydrogen (secondary N) is 1. The molecule has 3 unspecified atom stereocenters. The van der Waals surface area contributed by atoms with E-state index >= 15 is 0 Å². The molecular formula is C29H37N5O2S2. The molecule has 3 fully saturated rings. The third-order valence-corrected chi connectivity index (χ3v) is 12.9. The predicted molar refractivity (Wildman–Crippen MR) is 154 cm³/mol. The first-order chi connectivity index (χ1) is 18.1. The Balaban J connectivity index is 1.22. The Bertz CT molecular complexity index is 1660. The van der Waals surface area contributed by atoms with Gasteiger partial charge in [0.15, 0.2) is 15.5 Å². The fourth-order valence-corrected chi connectivity index (χ4v) is 10.6. The monoisotopic (exact) mass is 551 g/mol. The van der Waals surface area contributed by atoms with Crippen molar-refractivity contribution in [2.24, 2.45) is 11.8 Å². The van der Waals surface area contributed by atoms with E-state index in [1.165, 1.54) is 63.0 Å². The molecule has 7 rings (SSSR count). The van der Waals surface area contributed by atoms with Gasteiger partial charge < -0.3 is 4.98 Å². The standard InChI is InChI=1S/C29H37N5O2S2/c1-15(2)24-25-18(5)27(21-11-20-10-19(21)12-23(20)33-6-8-38(35,36)9-7-33)37-29(25)32-26(24)22-13-34-28(30-14-31-34)17(4)16(22)3/h13-15,19-21,23,32H,6-12H2,1-5H3/t19-,20?,21?,23?/m0/s1. The fraction of sp³-hybridized carbons (Fsp3) is 0.586.